The number of carbonyl (C=O) groups is 2. The summed E-state index contributed by atoms with van der Waals surface area (Å²) in [5, 5.41) is 22.3. The second kappa shape index (κ2) is 10.6. The average Bonchev–Trinajstić information content (AvgIpc) is 3.31. The summed E-state index contributed by atoms with van der Waals surface area (Å²) in [5.41, 5.74) is -0.270. The van der Waals surface area contributed by atoms with Crippen LogP contribution in [0.2, 0.25) is 0 Å². The van der Waals surface area contributed by atoms with Gasteiger partial charge in [0.05, 0.1) is 11.5 Å². The molecule has 3 fully saturated rings. The Balaban J connectivity index is 1.20. The van der Waals surface area contributed by atoms with Gasteiger partial charge >= 0.3 is 0 Å². The molecule has 3 aliphatic rings. The Labute approximate surface area is 230 Å². The van der Waals surface area contributed by atoms with Crippen LogP contribution < -0.4 is 15.4 Å². The minimum atomic E-state index is -0.828. The summed E-state index contributed by atoms with van der Waals surface area (Å²) in [5.74, 6) is -2.85. The number of benzene rings is 1. The molecule has 3 aromatic rings. The summed E-state index contributed by atoms with van der Waals surface area (Å²) in [4.78, 5) is 29.3. The number of pyridine rings is 1. The Kier molecular flexibility index (Phi) is 6.99. The maximum Gasteiger partial charge on any atom is 0.273 e. The van der Waals surface area contributed by atoms with Gasteiger partial charge in [-0.1, -0.05) is 18.0 Å². The zero-order chi connectivity index (χ0) is 27.9. The number of likely N-dealkylation sites (tertiary alicyclic amines) is 1. The van der Waals surface area contributed by atoms with Crippen molar-refractivity contribution in [1.29, 1.82) is 0 Å². The topological polar surface area (TPSA) is 114 Å². The van der Waals surface area contributed by atoms with Gasteiger partial charge in [-0.15, -0.1) is 0 Å². The lowest BCUT2D eigenvalue weighted by molar-refractivity contribution is -0.617. The molecule has 2 N–H and O–H groups in total. The highest BCUT2D eigenvalue weighted by Crippen LogP contribution is 2.44. The van der Waals surface area contributed by atoms with Crippen LogP contribution in [0.15, 0.2) is 53.2 Å². The zero-order valence-electron chi connectivity index (χ0n) is 21.9. The molecule has 0 bridgehead atoms. The first-order valence-electron chi connectivity index (χ1n) is 13.8. The normalized spacial score (nSPS) is 22.6. The molecule has 2 amide bonds. The van der Waals surface area contributed by atoms with E-state index in [-0.39, 0.29) is 22.9 Å². The monoisotopic (exact) mass is 551 g/mol. The van der Waals surface area contributed by atoms with Crippen LogP contribution in [-0.2, 0) is 10.3 Å². The SMILES string of the molecule is O=C(N[C@H]1CCN(C2CCCC2)C[C@@H]1C(=O)NC1(c2cccc[n+]2[O-])CC1)c1cc(-c2ccc(F)cc2F)on1. The number of hydrogen-bond donors (Lipinski definition) is 2. The molecule has 6 rings (SSSR count). The van der Waals surface area contributed by atoms with Gasteiger partial charge in [0.2, 0.25) is 11.6 Å². The highest BCUT2D eigenvalue weighted by molar-refractivity contribution is 5.94. The summed E-state index contributed by atoms with van der Waals surface area (Å²) in [6.45, 7) is 1.24. The smallest absolute Gasteiger partial charge is 0.273 e. The second-order valence-electron chi connectivity index (χ2n) is 11.1. The van der Waals surface area contributed by atoms with E-state index in [4.69, 9.17) is 4.52 Å². The van der Waals surface area contributed by atoms with Crippen molar-refractivity contribution < 1.29 is 27.6 Å². The van der Waals surface area contributed by atoms with E-state index < -0.39 is 35.0 Å². The number of aromatic nitrogens is 2. The maximum atomic E-state index is 14.2. The van der Waals surface area contributed by atoms with Gasteiger partial charge in [-0.3, -0.25) is 14.5 Å². The molecule has 1 aromatic carbocycles. The standard InChI is InChI=1S/C29H31F2N5O4/c30-18-8-9-20(22(31)15-18)25-16-24(34-40-25)28(38)32-23-10-14-35(19-5-1-2-6-19)17-21(23)27(37)33-29(11-12-29)26-7-3-4-13-36(26)39/h3-4,7-9,13,15-16,19,21,23H,1-2,5-6,10-12,14,17H2,(H,32,38)(H,33,37)/t21-,23-/m0/s1. The van der Waals surface area contributed by atoms with E-state index in [1.807, 2.05) is 0 Å². The van der Waals surface area contributed by atoms with E-state index in [0.717, 1.165) is 36.2 Å². The van der Waals surface area contributed by atoms with Crippen molar-refractivity contribution in [3.05, 3.63) is 76.9 Å². The third kappa shape index (κ3) is 5.17. The van der Waals surface area contributed by atoms with Crippen molar-refractivity contribution in [2.45, 2.75) is 62.6 Å². The molecule has 0 unspecified atom stereocenters. The van der Waals surface area contributed by atoms with Crippen LogP contribution in [0.3, 0.4) is 0 Å². The summed E-state index contributed by atoms with van der Waals surface area (Å²) in [6, 6.07) is 9.47. The van der Waals surface area contributed by atoms with E-state index in [9.17, 15) is 23.6 Å². The van der Waals surface area contributed by atoms with Crippen LogP contribution in [0.1, 0.15) is 61.1 Å². The Morgan fingerprint density at radius 3 is 2.62 bits per heavy atom. The van der Waals surface area contributed by atoms with Gasteiger partial charge in [-0.05, 0) is 50.3 Å². The minimum Gasteiger partial charge on any atom is -0.618 e. The molecule has 1 aliphatic heterocycles. The first-order valence-corrected chi connectivity index (χ1v) is 13.8. The van der Waals surface area contributed by atoms with Crippen molar-refractivity contribution in [3.8, 4) is 11.3 Å². The molecule has 210 valence electrons. The van der Waals surface area contributed by atoms with Crippen molar-refractivity contribution >= 4 is 11.8 Å². The summed E-state index contributed by atoms with van der Waals surface area (Å²) < 4.78 is 33.5. The van der Waals surface area contributed by atoms with Crippen molar-refractivity contribution in [1.82, 2.24) is 20.7 Å². The van der Waals surface area contributed by atoms with Crippen LogP contribution in [0.4, 0.5) is 8.78 Å². The van der Waals surface area contributed by atoms with Gasteiger partial charge in [-0.2, -0.15) is 4.73 Å². The van der Waals surface area contributed by atoms with Gasteiger partial charge in [-0.25, -0.2) is 8.78 Å². The van der Waals surface area contributed by atoms with E-state index in [1.54, 1.807) is 18.2 Å². The molecule has 0 spiro atoms. The highest BCUT2D eigenvalue weighted by Gasteiger charge is 2.53. The van der Waals surface area contributed by atoms with E-state index in [0.29, 0.717) is 37.5 Å². The van der Waals surface area contributed by atoms with Gasteiger partial charge in [0.15, 0.2) is 17.7 Å². The van der Waals surface area contributed by atoms with Crippen LogP contribution in [-0.4, -0.2) is 47.0 Å². The van der Waals surface area contributed by atoms with Crippen LogP contribution in [0.5, 0.6) is 0 Å². The number of rotatable bonds is 7. The van der Waals surface area contributed by atoms with E-state index >= 15 is 0 Å². The van der Waals surface area contributed by atoms with E-state index in [1.165, 1.54) is 31.2 Å². The molecule has 2 atom stereocenters. The third-order valence-corrected chi connectivity index (χ3v) is 8.50. The van der Waals surface area contributed by atoms with Gasteiger partial charge < -0.3 is 20.4 Å². The molecular weight excluding hydrogens is 520 g/mol. The summed E-state index contributed by atoms with van der Waals surface area (Å²) in [6.07, 6.45) is 7.86. The lowest BCUT2D eigenvalue weighted by atomic mass is 9.89. The fourth-order valence-corrected chi connectivity index (χ4v) is 6.15. The molecule has 9 nitrogen and oxygen atoms in total. The fourth-order valence-electron chi connectivity index (χ4n) is 6.15. The predicted octanol–water partition coefficient (Wildman–Crippen LogP) is 3.42. The van der Waals surface area contributed by atoms with Crippen molar-refractivity contribution in [2.24, 2.45) is 5.92 Å². The molecule has 3 heterocycles. The average molecular weight is 552 g/mol. The first kappa shape index (κ1) is 26.4. The highest BCUT2D eigenvalue weighted by atomic mass is 19.1. The van der Waals surface area contributed by atoms with Gasteiger partial charge in [0, 0.05) is 49.4 Å². The predicted molar refractivity (Wildman–Crippen MR) is 140 cm³/mol. The van der Waals surface area contributed by atoms with Crippen LogP contribution >= 0.6 is 0 Å². The fraction of sp³-hybridized carbons (Fsp3) is 0.448. The second-order valence-corrected chi connectivity index (χ2v) is 11.1. The number of amides is 2. The Bertz CT molecular complexity index is 1420. The maximum absolute atomic E-state index is 14.2. The molecule has 1 saturated heterocycles. The van der Waals surface area contributed by atoms with Crippen LogP contribution in [0.25, 0.3) is 11.3 Å². The van der Waals surface area contributed by atoms with Gasteiger partial charge in [0.1, 0.15) is 17.2 Å². The molecule has 11 heteroatoms. The molecular formula is C29H31F2N5O4. The number of nitrogens with one attached hydrogen (secondary N) is 2. The largest absolute Gasteiger partial charge is 0.618 e. The Morgan fingerprint density at radius 2 is 1.90 bits per heavy atom. The van der Waals surface area contributed by atoms with Crippen molar-refractivity contribution in [2.75, 3.05) is 13.1 Å². The quantitative estimate of drug-likeness (QED) is 0.344. The van der Waals surface area contributed by atoms with Gasteiger partial charge in [0.25, 0.3) is 5.91 Å². The Hall–Kier alpha value is -3.86. The summed E-state index contributed by atoms with van der Waals surface area (Å²) >= 11 is 0. The first-order chi connectivity index (χ1) is 19.3. The lowest BCUT2D eigenvalue weighted by Crippen LogP contribution is -2.58. The van der Waals surface area contributed by atoms with Crippen LogP contribution in [0, 0.1) is 22.8 Å². The molecule has 2 aromatic heterocycles. The third-order valence-electron chi connectivity index (χ3n) is 8.50. The lowest BCUT2D eigenvalue weighted by Gasteiger charge is -2.41. The zero-order valence-corrected chi connectivity index (χ0v) is 21.9. The Morgan fingerprint density at radius 1 is 1.10 bits per heavy atom. The molecule has 2 saturated carbocycles. The van der Waals surface area contributed by atoms with E-state index in [2.05, 4.69) is 20.7 Å². The number of hydrogen-bond acceptors (Lipinski definition) is 6. The molecule has 40 heavy (non-hydrogen) atoms. The van der Waals surface area contributed by atoms with Crippen molar-refractivity contribution in [3.63, 3.8) is 0 Å². The number of halogens is 2. The number of nitrogens with zero attached hydrogens (tertiary/aromatic N) is 3. The summed E-state index contributed by atoms with van der Waals surface area (Å²) in [7, 11) is 0. The molecule has 2 aliphatic carbocycles. The number of piperidine rings is 1. The molecule has 0 radical (unpaired) electrons. The number of carbonyl (C=O) groups excluding carboxylic acids is 2. The minimum absolute atomic E-state index is 0.00236.